The van der Waals surface area contributed by atoms with Gasteiger partial charge in [-0.3, -0.25) is 10.4 Å². The molecule has 17 heavy (non-hydrogen) atoms. The first-order chi connectivity index (χ1) is 8.16. The van der Waals surface area contributed by atoms with E-state index >= 15 is 0 Å². The molecular weight excluding hydrogens is 300 g/mol. The van der Waals surface area contributed by atoms with E-state index in [9.17, 15) is 0 Å². The van der Waals surface area contributed by atoms with Crippen molar-refractivity contribution < 1.29 is 0 Å². The monoisotopic (exact) mass is 308 g/mol. The van der Waals surface area contributed by atoms with Gasteiger partial charge in [-0.15, -0.1) is 0 Å². The number of halogens is 1. The van der Waals surface area contributed by atoms with Gasteiger partial charge in [0.25, 0.3) is 0 Å². The summed E-state index contributed by atoms with van der Waals surface area (Å²) in [6, 6.07) is 7.43. The Balaban J connectivity index is 2.28. The molecule has 6 heteroatoms. The van der Waals surface area contributed by atoms with Gasteiger partial charge in [-0.05, 0) is 40.2 Å². The molecule has 2 aromatic heterocycles. The van der Waals surface area contributed by atoms with Gasteiger partial charge in [0, 0.05) is 17.3 Å². The van der Waals surface area contributed by atoms with Crippen LogP contribution in [-0.4, -0.2) is 15.8 Å². The zero-order chi connectivity index (χ0) is 12.3. The highest BCUT2D eigenvalue weighted by molar-refractivity contribution is 9.10. The first-order valence-corrected chi connectivity index (χ1v) is 6.36. The molecular formula is C11H9BrN4S. The molecule has 4 nitrogen and oxygen atoms in total. The molecule has 0 aliphatic rings. The largest absolute Gasteiger partial charge is 0.382 e. The Kier molecular flexibility index (Phi) is 3.75. The van der Waals surface area contributed by atoms with Crippen molar-refractivity contribution in [1.29, 1.82) is 5.41 Å². The molecule has 0 spiro atoms. The average molecular weight is 309 g/mol. The Morgan fingerprint density at radius 3 is 2.82 bits per heavy atom. The van der Waals surface area contributed by atoms with Crippen LogP contribution in [-0.2, 0) is 0 Å². The summed E-state index contributed by atoms with van der Waals surface area (Å²) in [7, 11) is 0. The lowest BCUT2D eigenvalue weighted by Gasteiger charge is -2.04. The Morgan fingerprint density at radius 1 is 1.29 bits per heavy atom. The maximum absolute atomic E-state index is 7.34. The Labute approximate surface area is 111 Å². The molecule has 0 bridgehead atoms. The smallest absolute Gasteiger partial charge is 0.141 e. The van der Waals surface area contributed by atoms with Crippen LogP contribution in [0.15, 0.2) is 51.1 Å². The van der Waals surface area contributed by atoms with E-state index in [2.05, 4.69) is 25.9 Å². The second kappa shape index (κ2) is 5.29. The minimum Gasteiger partial charge on any atom is -0.382 e. The lowest BCUT2D eigenvalue weighted by atomic mass is 10.3. The van der Waals surface area contributed by atoms with E-state index in [1.54, 1.807) is 18.5 Å². The highest BCUT2D eigenvalue weighted by Gasteiger charge is 2.05. The Bertz CT molecular complexity index is 559. The summed E-state index contributed by atoms with van der Waals surface area (Å²) in [5, 5.41) is 8.20. The molecule has 0 fully saturated rings. The van der Waals surface area contributed by atoms with Crippen LogP contribution in [0.1, 0.15) is 5.69 Å². The molecule has 0 radical (unpaired) electrons. The molecule has 2 aromatic rings. The topological polar surface area (TPSA) is 75.7 Å². The zero-order valence-electron chi connectivity index (χ0n) is 8.72. The van der Waals surface area contributed by atoms with E-state index in [4.69, 9.17) is 11.1 Å². The fourth-order valence-corrected chi connectivity index (χ4v) is 2.48. The fraction of sp³-hybridized carbons (Fsp3) is 0. The zero-order valence-corrected chi connectivity index (χ0v) is 11.1. The standard InChI is InChI=1S/C11H9BrN4S/c12-8-2-1-4-16-11(8)17-7-3-5-15-9(6-7)10(13)14/h1-6H,(H3,13,14). The number of aromatic nitrogens is 2. The number of amidine groups is 1. The van der Waals surface area contributed by atoms with Crippen LogP contribution in [0.4, 0.5) is 0 Å². The number of pyridine rings is 2. The van der Waals surface area contributed by atoms with E-state index in [1.807, 2.05) is 18.2 Å². The minimum absolute atomic E-state index is 0.0347. The molecule has 2 rings (SSSR count). The predicted octanol–water partition coefficient (Wildman–Crippen LogP) is 2.67. The average Bonchev–Trinajstić information content (AvgIpc) is 2.32. The number of nitrogens with one attached hydrogen (secondary N) is 1. The maximum Gasteiger partial charge on any atom is 0.141 e. The molecule has 2 heterocycles. The summed E-state index contributed by atoms with van der Waals surface area (Å²) < 4.78 is 0.936. The van der Waals surface area contributed by atoms with Crippen molar-refractivity contribution in [3.8, 4) is 0 Å². The lowest BCUT2D eigenvalue weighted by Crippen LogP contribution is -2.12. The van der Waals surface area contributed by atoms with Gasteiger partial charge in [0.05, 0.1) is 4.47 Å². The number of nitrogens with two attached hydrogens (primary N) is 1. The highest BCUT2D eigenvalue weighted by atomic mass is 79.9. The van der Waals surface area contributed by atoms with E-state index in [0.717, 1.165) is 14.4 Å². The van der Waals surface area contributed by atoms with E-state index in [-0.39, 0.29) is 5.84 Å². The molecule has 0 aromatic carbocycles. The van der Waals surface area contributed by atoms with Crippen molar-refractivity contribution in [3.05, 3.63) is 46.8 Å². The van der Waals surface area contributed by atoms with Crippen LogP contribution in [0, 0.1) is 5.41 Å². The van der Waals surface area contributed by atoms with Crippen LogP contribution in [0.3, 0.4) is 0 Å². The Hall–Kier alpha value is -1.40. The van der Waals surface area contributed by atoms with Gasteiger partial charge in [-0.1, -0.05) is 11.8 Å². The van der Waals surface area contributed by atoms with Crippen molar-refractivity contribution in [2.24, 2.45) is 5.73 Å². The first-order valence-electron chi connectivity index (χ1n) is 4.75. The SMILES string of the molecule is N=C(N)c1cc(Sc2ncccc2Br)ccn1. The van der Waals surface area contributed by atoms with Crippen molar-refractivity contribution >= 4 is 33.5 Å². The molecule has 0 unspecified atom stereocenters. The molecule has 0 aliphatic carbocycles. The van der Waals surface area contributed by atoms with Crippen molar-refractivity contribution in [2.75, 3.05) is 0 Å². The predicted molar refractivity (Wildman–Crippen MR) is 71.3 cm³/mol. The molecule has 0 saturated heterocycles. The van der Waals surface area contributed by atoms with Gasteiger partial charge in [0.15, 0.2) is 0 Å². The van der Waals surface area contributed by atoms with Gasteiger partial charge in [0.2, 0.25) is 0 Å². The summed E-state index contributed by atoms with van der Waals surface area (Å²) in [4.78, 5) is 9.22. The van der Waals surface area contributed by atoms with Crippen molar-refractivity contribution in [2.45, 2.75) is 9.92 Å². The van der Waals surface area contributed by atoms with Crippen LogP contribution < -0.4 is 5.73 Å². The van der Waals surface area contributed by atoms with Crippen LogP contribution in [0.25, 0.3) is 0 Å². The normalized spacial score (nSPS) is 10.2. The van der Waals surface area contributed by atoms with Crippen LogP contribution in [0.2, 0.25) is 0 Å². The second-order valence-corrected chi connectivity index (χ2v) is 5.10. The number of nitrogens with zero attached hydrogens (tertiary/aromatic N) is 2. The van der Waals surface area contributed by atoms with Gasteiger partial charge < -0.3 is 5.73 Å². The van der Waals surface area contributed by atoms with E-state index in [0.29, 0.717) is 5.69 Å². The van der Waals surface area contributed by atoms with Gasteiger partial charge in [-0.2, -0.15) is 0 Å². The third kappa shape index (κ3) is 3.04. The molecule has 86 valence electrons. The number of hydrogen-bond donors (Lipinski definition) is 2. The van der Waals surface area contributed by atoms with Crippen LogP contribution >= 0.6 is 27.7 Å². The van der Waals surface area contributed by atoms with Gasteiger partial charge >= 0.3 is 0 Å². The summed E-state index contributed by atoms with van der Waals surface area (Å²) in [5.74, 6) is -0.0347. The van der Waals surface area contributed by atoms with E-state index in [1.165, 1.54) is 11.8 Å². The number of nitrogen functional groups attached to an aromatic ring is 1. The maximum atomic E-state index is 7.34. The highest BCUT2D eigenvalue weighted by Crippen LogP contribution is 2.31. The summed E-state index contributed by atoms with van der Waals surface area (Å²) in [6.07, 6.45) is 3.37. The summed E-state index contributed by atoms with van der Waals surface area (Å²) in [6.45, 7) is 0. The first kappa shape index (κ1) is 12.1. The summed E-state index contributed by atoms with van der Waals surface area (Å²) in [5.41, 5.74) is 5.87. The molecule has 0 aliphatic heterocycles. The molecule has 0 saturated carbocycles. The van der Waals surface area contributed by atoms with Crippen LogP contribution in [0.5, 0.6) is 0 Å². The minimum atomic E-state index is -0.0347. The van der Waals surface area contributed by atoms with Crippen molar-refractivity contribution in [3.63, 3.8) is 0 Å². The number of hydrogen-bond acceptors (Lipinski definition) is 4. The quantitative estimate of drug-likeness (QED) is 0.675. The van der Waals surface area contributed by atoms with Crippen molar-refractivity contribution in [1.82, 2.24) is 9.97 Å². The lowest BCUT2D eigenvalue weighted by molar-refractivity contribution is 1.10. The molecule has 0 atom stereocenters. The molecule has 3 N–H and O–H groups in total. The van der Waals surface area contributed by atoms with Gasteiger partial charge in [0.1, 0.15) is 16.6 Å². The Morgan fingerprint density at radius 2 is 2.12 bits per heavy atom. The fourth-order valence-electron chi connectivity index (χ4n) is 1.18. The molecule has 0 amide bonds. The third-order valence-corrected chi connectivity index (χ3v) is 3.86. The second-order valence-electron chi connectivity index (χ2n) is 3.18. The van der Waals surface area contributed by atoms with E-state index < -0.39 is 0 Å². The third-order valence-electron chi connectivity index (χ3n) is 1.95. The van der Waals surface area contributed by atoms with Gasteiger partial charge in [-0.25, -0.2) is 4.98 Å². The summed E-state index contributed by atoms with van der Waals surface area (Å²) >= 11 is 4.93. The number of rotatable bonds is 3.